The monoisotopic (exact) mass is 306 g/mol. The van der Waals surface area contributed by atoms with Crippen molar-refractivity contribution in [2.75, 3.05) is 0 Å². The highest BCUT2D eigenvalue weighted by molar-refractivity contribution is 4.93. The fourth-order valence-electron chi connectivity index (χ4n) is 5.42. The molecule has 3 heteroatoms. The van der Waals surface area contributed by atoms with Crippen LogP contribution in [0.2, 0.25) is 0 Å². The molecule has 3 fully saturated rings. The molecule has 0 spiro atoms. The van der Waals surface area contributed by atoms with Gasteiger partial charge in [0.15, 0.2) is 0 Å². The summed E-state index contributed by atoms with van der Waals surface area (Å²) in [6.45, 7) is 0. The Morgan fingerprint density at radius 3 is 1.95 bits per heavy atom. The highest BCUT2D eigenvalue weighted by atomic mass is 19.1. The van der Waals surface area contributed by atoms with Crippen LogP contribution in [-0.4, -0.2) is 12.2 Å². The average Bonchev–Trinajstić information content (AvgIpc) is 2.56. The van der Waals surface area contributed by atoms with E-state index in [-0.39, 0.29) is 5.92 Å². The van der Waals surface area contributed by atoms with Crippen LogP contribution in [0.25, 0.3) is 0 Å². The van der Waals surface area contributed by atoms with E-state index in [9.17, 15) is 4.39 Å². The first-order chi connectivity index (χ1) is 10.7. The van der Waals surface area contributed by atoms with Gasteiger partial charge >= 0.3 is 0 Å². The quantitative estimate of drug-likeness (QED) is 0.811. The minimum atomic E-state index is -0.591. The largest absolute Gasteiger partial charge is 0.328 e. The smallest absolute Gasteiger partial charge is 0.103 e. The van der Waals surface area contributed by atoms with E-state index in [1.165, 1.54) is 6.42 Å². The maximum absolute atomic E-state index is 14.8. The van der Waals surface area contributed by atoms with E-state index < -0.39 is 6.17 Å². The van der Waals surface area contributed by atoms with Crippen molar-refractivity contribution < 1.29 is 4.39 Å². The molecule has 0 bridgehead atoms. The van der Waals surface area contributed by atoms with Gasteiger partial charge in [-0.2, -0.15) is 5.26 Å². The number of hydrogen-bond donors (Lipinski definition) is 1. The van der Waals surface area contributed by atoms with Gasteiger partial charge in [-0.15, -0.1) is 0 Å². The first-order valence-corrected chi connectivity index (χ1v) is 9.46. The molecule has 0 aromatic carbocycles. The zero-order valence-corrected chi connectivity index (χ0v) is 13.7. The Balaban J connectivity index is 1.49. The second-order valence-corrected chi connectivity index (χ2v) is 8.17. The Bertz CT molecular complexity index is 389. The van der Waals surface area contributed by atoms with Crippen LogP contribution < -0.4 is 5.73 Å². The lowest BCUT2D eigenvalue weighted by Crippen LogP contribution is -2.38. The summed E-state index contributed by atoms with van der Waals surface area (Å²) < 4.78 is 14.8. The standard InChI is InChI=1S/C19H31FN2/c20-19-11-16(14-3-1-13(12-21)2-4-14)7-10-18(19)15-5-8-17(22)9-6-15/h13-19H,1-11,22H2. The molecule has 0 aromatic rings. The van der Waals surface area contributed by atoms with Crippen LogP contribution in [0.1, 0.15) is 70.6 Å². The molecule has 3 atom stereocenters. The van der Waals surface area contributed by atoms with Crippen molar-refractivity contribution in [2.24, 2.45) is 35.3 Å². The number of halogens is 1. The molecule has 0 aliphatic heterocycles. The van der Waals surface area contributed by atoms with Crippen molar-refractivity contribution in [1.82, 2.24) is 0 Å². The van der Waals surface area contributed by atoms with Gasteiger partial charge in [0, 0.05) is 12.0 Å². The van der Waals surface area contributed by atoms with E-state index in [4.69, 9.17) is 11.0 Å². The summed E-state index contributed by atoms with van der Waals surface area (Å²) in [5.41, 5.74) is 5.99. The van der Waals surface area contributed by atoms with E-state index in [1.54, 1.807) is 0 Å². The van der Waals surface area contributed by atoms with Gasteiger partial charge in [0.1, 0.15) is 6.17 Å². The van der Waals surface area contributed by atoms with Gasteiger partial charge in [0.05, 0.1) is 6.07 Å². The predicted molar refractivity (Wildman–Crippen MR) is 86.7 cm³/mol. The molecule has 3 unspecified atom stereocenters. The van der Waals surface area contributed by atoms with Crippen molar-refractivity contribution in [2.45, 2.75) is 82.8 Å². The number of hydrogen-bond acceptors (Lipinski definition) is 2. The van der Waals surface area contributed by atoms with Gasteiger partial charge in [0.25, 0.3) is 0 Å². The lowest BCUT2D eigenvalue weighted by Gasteiger charge is -2.42. The normalized spacial score (nSPS) is 46.9. The van der Waals surface area contributed by atoms with Gasteiger partial charge in [-0.05, 0) is 94.3 Å². The Kier molecular flexibility index (Phi) is 5.39. The minimum absolute atomic E-state index is 0.264. The van der Waals surface area contributed by atoms with Crippen molar-refractivity contribution in [3.63, 3.8) is 0 Å². The number of nitrogens with zero attached hydrogens (tertiary/aromatic N) is 1. The molecule has 0 amide bonds. The van der Waals surface area contributed by atoms with Gasteiger partial charge < -0.3 is 5.73 Å². The van der Waals surface area contributed by atoms with E-state index in [2.05, 4.69) is 6.07 Å². The number of nitrogens with two attached hydrogens (primary N) is 1. The first kappa shape index (κ1) is 16.2. The fourth-order valence-corrected chi connectivity index (χ4v) is 5.42. The van der Waals surface area contributed by atoms with Crippen molar-refractivity contribution in [1.29, 1.82) is 5.26 Å². The molecule has 2 nitrogen and oxygen atoms in total. The summed E-state index contributed by atoms with van der Waals surface area (Å²) in [5.74, 6) is 2.42. The summed E-state index contributed by atoms with van der Waals surface area (Å²) in [4.78, 5) is 0. The van der Waals surface area contributed by atoms with Crippen LogP contribution in [0.15, 0.2) is 0 Å². The SMILES string of the molecule is N#CC1CCC(C2CCC(C3CCC(N)CC3)C(F)C2)CC1. The lowest BCUT2D eigenvalue weighted by molar-refractivity contribution is 0.0386. The molecule has 3 saturated carbocycles. The molecule has 22 heavy (non-hydrogen) atoms. The summed E-state index contributed by atoms with van der Waals surface area (Å²) >= 11 is 0. The van der Waals surface area contributed by atoms with Crippen molar-refractivity contribution in [3.05, 3.63) is 0 Å². The molecular weight excluding hydrogens is 275 g/mol. The molecule has 0 radical (unpaired) electrons. The minimum Gasteiger partial charge on any atom is -0.328 e. The second-order valence-electron chi connectivity index (χ2n) is 8.17. The summed E-state index contributed by atoms with van der Waals surface area (Å²) in [5, 5.41) is 9.01. The van der Waals surface area contributed by atoms with Crippen LogP contribution in [0.5, 0.6) is 0 Å². The molecule has 0 heterocycles. The molecule has 0 saturated heterocycles. The molecule has 124 valence electrons. The number of nitriles is 1. The predicted octanol–water partition coefficient (Wildman–Crippen LogP) is 4.59. The molecular formula is C19H31FN2. The fraction of sp³-hybridized carbons (Fsp3) is 0.947. The summed E-state index contributed by atoms with van der Waals surface area (Å²) in [6.07, 6.45) is 11.4. The average molecular weight is 306 g/mol. The van der Waals surface area contributed by atoms with Gasteiger partial charge in [-0.3, -0.25) is 0 Å². The van der Waals surface area contributed by atoms with Gasteiger partial charge in [0.2, 0.25) is 0 Å². The highest BCUT2D eigenvalue weighted by Gasteiger charge is 2.39. The van der Waals surface area contributed by atoms with Gasteiger partial charge in [-0.1, -0.05) is 0 Å². The van der Waals surface area contributed by atoms with Crippen LogP contribution in [0.3, 0.4) is 0 Å². The first-order valence-electron chi connectivity index (χ1n) is 9.46. The van der Waals surface area contributed by atoms with Crippen LogP contribution in [0.4, 0.5) is 4.39 Å². The molecule has 0 aromatic heterocycles. The topological polar surface area (TPSA) is 49.8 Å². The maximum atomic E-state index is 14.8. The highest BCUT2D eigenvalue weighted by Crippen LogP contribution is 2.46. The van der Waals surface area contributed by atoms with E-state index in [1.807, 2.05) is 0 Å². The second kappa shape index (κ2) is 7.30. The number of alkyl halides is 1. The molecule has 3 aliphatic carbocycles. The molecule has 3 aliphatic rings. The summed E-state index contributed by atoms with van der Waals surface area (Å²) in [7, 11) is 0. The van der Waals surface area contributed by atoms with Crippen LogP contribution in [0, 0.1) is 40.9 Å². The third kappa shape index (κ3) is 3.65. The molecule has 2 N–H and O–H groups in total. The zero-order valence-electron chi connectivity index (χ0n) is 13.7. The van der Waals surface area contributed by atoms with Crippen molar-refractivity contribution >= 4 is 0 Å². The van der Waals surface area contributed by atoms with E-state index >= 15 is 0 Å². The van der Waals surface area contributed by atoms with E-state index in [0.29, 0.717) is 29.7 Å². The Labute approximate surface area is 134 Å². The summed E-state index contributed by atoms with van der Waals surface area (Å²) in [6, 6.07) is 2.77. The Morgan fingerprint density at radius 2 is 1.36 bits per heavy atom. The molecule has 3 rings (SSSR count). The third-order valence-electron chi connectivity index (χ3n) is 6.91. The van der Waals surface area contributed by atoms with Crippen LogP contribution in [-0.2, 0) is 0 Å². The Hall–Kier alpha value is -0.620. The van der Waals surface area contributed by atoms with E-state index in [0.717, 1.165) is 64.2 Å². The Morgan fingerprint density at radius 1 is 0.773 bits per heavy atom. The maximum Gasteiger partial charge on any atom is 0.103 e. The lowest BCUT2D eigenvalue weighted by atomic mass is 9.65. The number of rotatable bonds is 2. The zero-order chi connectivity index (χ0) is 15.5. The van der Waals surface area contributed by atoms with Crippen molar-refractivity contribution in [3.8, 4) is 6.07 Å². The van der Waals surface area contributed by atoms with Crippen LogP contribution >= 0.6 is 0 Å². The van der Waals surface area contributed by atoms with Gasteiger partial charge in [-0.25, -0.2) is 4.39 Å². The third-order valence-corrected chi connectivity index (χ3v) is 6.91.